The van der Waals surface area contributed by atoms with Crippen molar-refractivity contribution < 1.29 is 13.2 Å². The number of hydrogen-bond donors (Lipinski definition) is 0. The number of fused-ring (bicyclic) bond motifs is 1. The second-order valence-corrected chi connectivity index (χ2v) is 7.54. The van der Waals surface area contributed by atoms with Crippen LogP contribution in [0.5, 0.6) is 0 Å². The van der Waals surface area contributed by atoms with Gasteiger partial charge in [-0.05, 0) is 44.9 Å². The Morgan fingerprint density at radius 3 is 2.75 bits per heavy atom. The molecular weight excluding hydrogens is 367 g/mol. The van der Waals surface area contributed by atoms with Gasteiger partial charge in [0.25, 0.3) is 0 Å². The predicted octanol–water partition coefficient (Wildman–Crippen LogP) is 4.81. The summed E-state index contributed by atoms with van der Waals surface area (Å²) in [4.78, 5) is 6.39. The number of pyridine rings is 1. The smallest absolute Gasteiger partial charge is 0.370 e. The van der Waals surface area contributed by atoms with Gasteiger partial charge in [0.05, 0.1) is 11.1 Å². The van der Waals surface area contributed by atoms with E-state index in [4.69, 9.17) is 0 Å². The molecule has 0 bridgehead atoms. The number of halogens is 3. The Morgan fingerprint density at radius 1 is 1.18 bits per heavy atom. The first-order valence-corrected chi connectivity index (χ1v) is 9.45. The molecule has 28 heavy (non-hydrogen) atoms. The van der Waals surface area contributed by atoms with Crippen molar-refractivity contribution in [3.63, 3.8) is 0 Å². The van der Waals surface area contributed by atoms with Crippen LogP contribution in [0, 0.1) is 0 Å². The van der Waals surface area contributed by atoms with Crippen LogP contribution in [0.15, 0.2) is 36.8 Å². The lowest BCUT2D eigenvalue weighted by Crippen LogP contribution is -2.35. The standard InChI is InChI=1S/C20H22F3N5/c1-13(2)28-12-25-26-19(28)14-4-3-9-27(11-14)18-7-8-24-17-10-15(20(21,22)23)5-6-16(17)18/h5-8,10,12-14H,3-4,9,11H2,1-2H3. The lowest BCUT2D eigenvalue weighted by Gasteiger charge is -2.35. The molecule has 1 unspecified atom stereocenters. The van der Waals surface area contributed by atoms with E-state index >= 15 is 0 Å². The fourth-order valence-electron chi connectivity index (χ4n) is 3.93. The van der Waals surface area contributed by atoms with Gasteiger partial charge in [-0.2, -0.15) is 13.2 Å². The summed E-state index contributed by atoms with van der Waals surface area (Å²) in [6.45, 7) is 5.81. The minimum absolute atomic E-state index is 0.233. The molecule has 8 heteroatoms. The van der Waals surface area contributed by atoms with Crippen molar-refractivity contribution in [3.8, 4) is 0 Å². The normalized spacial score (nSPS) is 18.2. The SMILES string of the molecule is CC(C)n1cnnc1C1CCCN(c2ccnc3cc(C(F)(F)F)ccc23)C1. The van der Waals surface area contributed by atoms with Crippen LogP contribution >= 0.6 is 0 Å². The van der Waals surface area contributed by atoms with Gasteiger partial charge in [-0.15, -0.1) is 10.2 Å². The third kappa shape index (κ3) is 3.43. The van der Waals surface area contributed by atoms with Crippen molar-refractivity contribution in [1.82, 2.24) is 19.7 Å². The quantitative estimate of drug-likeness (QED) is 0.645. The van der Waals surface area contributed by atoms with E-state index in [0.717, 1.165) is 55.0 Å². The third-order valence-electron chi connectivity index (χ3n) is 5.33. The largest absolute Gasteiger partial charge is 0.416 e. The van der Waals surface area contributed by atoms with E-state index in [-0.39, 0.29) is 12.0 Å². The highest BCUT2D eigenvalue weighted by Crippen LogP contribution is 2.36. The summed E-state index contributed by atoms with van der Waals surface area (Å²) in [7, 11) is 0. The van der Waals surface area contributed by atoms with Crippen LogP contribution in [0.2, 0.25) is 0 Å². The van der Waals surface area contributed by atoms with E-state index in [2.05, 4.69) is 38.5 Å². The topological polar surface area (TPSA) is 46.8 Å². The van der Waals surface area contributed by atoms with Gasteiger partial charge >= 0.3 is 6.18 Å². The molecular formula is C20H22F3N5. The second-order valence-electron chi connectivity index (χ2n) is 7.54. The fraction of sp³-hybridized carbons (Fsp3) is 0.450. The molecule has 1 saturated heterocycles. The van der Waals surface area contributed by atoms with Gasteiger partial charge in [-0.3, -0.25) is 4.98 Å². The summed E-state index contributed by atoms with van der Waals surface area (Å²) >= 11 is 0. The van der Waals surface area contributed by atoms with Gasteiger partial charge in [0.2, 0.25) is 0 Å². The van der Waals surface area contributed by atoms with Gasteiger partial charge in [0.1, 0.15) is 12.2 Å². The number of nitrogens with zero attached hydrogens (tertiary/aromatic N) is 5. The molecule has 0 N–H and O–H groups in total. The van der Waals surface area contributed by atoms with Crippen molar-refractivity contribution in [2.45, 2.75) is 44.8 Å². The molecule has 0 spiro atoms. The highest BCUT2D eigenvalue weighted by atomic mass is 19.4. The summed E-state index contributed by atoms with van der Waals surface area (Å²) in [5, 5.41) is 9.15. The number of rotatable bonds is 3. The van der Waals surface area contributed by atoms with E-state index in [0.29, 0.717) is 5.52 Å². The Kier molecular flexibility index (Phi) is 4.72. The Hall–Kier alpha value is -2.64. The van der Waals surface area contributed by atoms with Gasteiger partial charge in [-0.25, -0.2) is 0 Å². The molecule has 5 nitrogen and oxygen atoms in total. The van der Waals surface area contributed by atoms with Gasteiger partial charge in [0.15, 0.2) is 0 Å². The van der Waals surface area contributed by atoms with Crippen LogP contribution in [0.25, 0.3) is 10.9 Å². The van der Waals surface area contributed by atoms with Gasteiger partial charge < -0.3 is 9.47 Å². The number of alkyl halides is 3. The number of benzene rings is 1. The van der Waals surface area contributed by atoms with Gasteiger partial charge in [0, 0.05) is 42.3 Å². The molecule has 1 atom stereocenters. The van der Waals surface area contributed by atoms with Gasteiger partial charge in [-0.1, -0.05) is 6.07 Å². The van der Waals surface area contributed by atoms with Crippen LogP contribution in [0.1, 0.15) is 50.0 Å². The van der Waals surface area contributed by atoms with Crippen molar-refractivity contribution in [2.24, 2.45) is 0 Å². The first kappa shape index (κ1) is 18.7. The average molecular weight is 389 g/mol. The Labute approximate surface area is 161 Å². The zero-order valence-electron chi connectivity index (χ0n) is 15.8. The summed E-state index contributed by atoms with van der Waals surface area (Å²) in [6.07, 6.45) is 0.976. The number of piperidine rings is 1. The van der Waals surface area contributed by atoms with E-state index < -0.39 is 11.7 Å². The van der Waals surface area contributed by atoms with Crippen LogP contribution < -0.4 is 4.90 Å². The Bertz CT molecular complexity index is 979. The van der Waals surface area contributed by atoms with E-state index in [9.17, 15) is 13.2 Å². The summed E-state index contributed by atoms with van der Waals surface area (Å²) in [5.41, 5.74) is 0.602. The molecule has 3 aromatic rings. The molecule has 0 amide bonds. The molecule has 1 aliphatic heterocycles. The molecule has 0 saturated carbocycles. The number of aromatic nitrogens is 4. The van der Waals surface area contributed by atoms with Crippen LogP contribution in [-0.4, -0.2) is 32.8 Å². The molecule has 148 valence electrons. The molecule has 1 aliphatic rings. The molecule has 1 fully saturated rings. The lowest BCUT2D eigenvalue weighted by atomic mass is 9.96. The van der Waals surface area contributed by atoms with Crippen LogP contribution in [0.3, 0.4) is 0 Å². The molecule has 1 aromatic carbocycles. The average Bonchev–Trinajstić information content (AvgIpc) is 3.17. The zero-order valence-corrected chi connectivity index (χ0v) is 15.8. The first-order chi connectivity index (χ1) is 13.3. The maximum atomic E-state index is 13.0. The highest BCUT2D eigenvalue weighted by molar-refractivity contribution is 5.92. The molecule has 2 aromatic heterocycles. The first-order valence-electron chi connectivity index (χ1n) is 9.45. The molecule has 3 heterocycles. The van der Waals surface area contributed by atoms with Crippen LogP contribution in [-0.2, 0) is 6.18 Å². The second kappa shape index (κ2) is 7.07. The lowest BCUT2D eigenvalue weighted by molar-refractivity contribution is -0.137. The molecule has 0 aliphatic carbocycles. The predicted molar refractivity (Wildman–Crippen MR) is 101 cm³/mol. The number of anilines is 1. The third-order valence-corrected chi connectivity index (χ3v) is 5.33. The van der Waals surface area contributed by atoms with E-state index in [1.165, 1.54) is 6.07 Å². The van der Waals surface area contributed by atoms with E-state index in [1.54, 1.807) is 12.5 Å². The van der Waals surface area contributed by atoms with E-state index in [1.807, 2.05) is 6.07 Å². The summed E-state index contributed by atoms with van der Waals surface area (Å²) in [6, 6.07) is 5.94. The maximum Gasteiger partial charge on any atom is 0.416 e. The highest BCUT2D eigenvalue weighted by Gasteiger charge is 2.31. The fourth-order valence-corrected chi connectivity index (χ4v) is 3.93. The Morgan fingerprint density at radius 2 is 2.00 bits per heavy atom. The Balaban J connectivity index is 1.67. The monoisotopic (exact) mass is 389 g/mol. The van der Waals surface area contributed by atoms with Crippen molar-refractivity contribution in [1.29, 1.82) is 0 Å². The summed E-state index contributed by atoms with van der Waals surface area (Å²) < 4.78 is 41.2. The molecule has 0 radical (unpaired) electrons. The minimum atomic E-state index is -4.37. The van der Waals surface area contributed by atoms with Crippen LogP contribution in [0.4, 0.5) is 18.9 Å². The van der Waals surface area contributed by atoms with Crippen molar-refractivity contribution in [3.05, 3.63) is 48.2 Å². The summed E-state index contributed by atoms with van der Waals surface area (Å²) in [5.74, 6) is 1.20. The maximum absolute atomic E-state index is 13.0. The zero-order chi connectivity index (χ0) is 19.9. The van der Waals surface area contributed by atoms with Crippen molar-refractivity contribution >= 4 is 16.6 Å². The van der Waals surface area contributed by atoms with Crippen molar-refractivity contribution in [2.75, 3.05) is 18.0 Å². The minimum Gasteiger partial charge on any atom is -0.370 e. The molecule has 4 rings (SSSR count). The number of hydrogen-bond acceptors (Lipinski definition) is 4.